The Morgan fingerprint density at radius 3 is 2.31 bits per heavy atom. The number of hydrogen-bond acceptors (Lipinski definition) is 6. The van der Waals surface area contributed by atoms with Crippen LogP contribution in [0, 0.1) is 5.92 Å². The molecule has 2 N–H and O–H groups in total. The van der Waals surface area contributed by atoms with E-state index >= 15 is 0 Å². The van der Waals surface area contributed by atoms with Gasteiger partial charge in [-0.3, -0.25) is 19.7 Å². The molecule has 8 nitrogen and oxygen atoms in total. The van der Waals surface area contributed by atoms with E-state index in [0.29, 0.717) is 18.5 Å². The fourth-order valence-electron chi connectivity index (χ4n) is 6.96. The molecule has 2 aromatic carbocycles. The molecule has 0 aliphatic carbocycles. The first-order valence-corrected chi connectivity index (χ1v) is 14.8. The van der Waals surface area contributed by atoms with Gasteiger partial charge in [-0.05, 0) is 87.0 Å². The molecule has 0 saturated carbocycles. The fraction of sp³-hybridized carbons (Fsp3) is 0.500. The molecule has 2 atom stereocenters. The van der Waals surface area contributed by atoms with Crippen molar-refractivity contribution in [2.24, 2.45) is 5.92 Å². The number of piperidine rings is 3. The van der Waals surface area contributed by atoms with Gasteiger partial charge in [0.1, 0.15) is 6.04 Å². The summed E-state index contributed by atoms with van der Waals surface area (Å²) in [5.41, 5.74) is 2.15. The van der Waals surface area contributed by atoms with Crippen molar-refractivity contribution in [3.63, 3.8) is 0 Å². The summed E-state index contributed by atoms with van der Waals surface area (Å²) >= 11 is 3.49. The SMILES string of the molecule is O=C1CCC(N2C(=O)c3ccccc3C2C2CCN(CC3(O)CCN(c4ccc(Br)cc4)CC3)CC2)C(=O)N1. The first-order chi connectivity index (χ1) is 18.8. The van der Waals surface area contributed by atoms with Crippen LogP contribution in [0.3, 0.4) is 0 Å². The summed E-state index contributed by atoms with van der Waals surface area (Å²) in [5, 5.41) is 13.9. The maximum Gasteiger partial charge on any atom is 0.255 e. The van der Waals surface area contributed by atoms with E-state index in [1.54, 1.807) is 4.90 Å². The second-order valence-electron chi connectivity index (χ2n) is 11.5. The Labute approximate surface area is 237 Å². The molecule has 2 aromatic rings. The molecule has 0 aromatic heterocycles. The molecule has 3 fully saturated rings. The Morgan fingerprint density at radius 1 is 0.923 bits per heavy atom. The highest BCUT2D eigenvalue weighted by Crippen LogP contribution is 2.45. The van der Waals surface area contributed by atoms with Crippen LogP contribution < -0.4 is 10.2 Å². The first-order valence-electron chi connectivity index (χ1n) is 14.0. The quantitative estimate of drug-likeness (QED) is 0.515. The predicted octanol–water partition coefficient (Wildman–Crippen LogP) is 3.49. The summed E-state index contributed by atoms with van der Waals surface area (Å²) in [6, 6.07) is 15.2. The largest absolute Gasteiger partial charge is 0.388 e. The maximum atomic E-state index is 13.5. The Kier molecular flexibility index (Phi) is 7.24. The molecular formula is C30H35BrN4O4. The Hall–Kier alpha value is -2.75. The van der Waals surface area contributed by atoms with E-state index in [1.807, 2.05) is 24.3 Å². The average molecular weight is 596 g/mol. The highest BCUT2D eigenvalue weighted by molar-refractivity contribution is 9.10. The number of anilines is 1. The molecule has 2 unspecified atom stereocenters. The zero-order valence-corrected chi connectivity index (χ0v) is 23.6. The molecule has 39 heavy (non-hydrogen) atoms. The van der Waals surface area contributed by atoms with Crippen LogP contribution in [0.2, 0.25) is 0 Å². The van der Waals surface area contributed by atoms with Gasteiger partial charge in [-0.2, -0.15) is 0 Å². The zero-order chi connectivity index (χ0) is 27.1. The normalized spacial score (nSPS) is 26.1. The lowest BCUT2D eigenvalue weighted by Gasteiger charge is -2.45. The van der Waals surface area contributed by atoms with Gasteiger partial charge in [-0.1, -0.05) is 34.1 Å². The van der Waals surface area contributed by atoms with E-state index in [1.165, 1.54) is 5.69 Å². The molecule has 6 rings (SSSR count). The molecule has 4 aliphatic rings. The second kappa shape index (κ2) is 10.7. The zero-order valence-electron chi connectivity index (χ0n) is 22.0. The number of amides is 3. The molecular weight excluding hydrogens is 560 g/mol. The number of fused-ring (bicyclic) bond motifs is 1. The Morgan fingerprint density at radius 2 is 1.62 bits per heavy atom. The monoisotopic (exact) mass is 594 g/mol. The Balaban J connectivity index is 1.10. The van der Waals surface area contributed by atoms with Crippen molar-refractivity contribution in [3.8, 4) is 0 Å². The first kappa shape index (κ1) is 26.5. The lowest BCUT2D eigenvalue weighted by atomic mass is 9.83. The highest BCUT2D eigenvalue weighted by atomic mass is 79.9. The van der Waals surface area contributed by atoms with E-state index in [4.69, 9.17) is 0 Å². The van der Waals surface area contributed by atoms with Gasteiger partial charge in [-0.25, -0.2) is 0 Å². The van der Waals surface area contributed by atoms with E-state index in [9.17, 15) is 19.5 Å². The standard InChI is InChI=1S/C30H35BrN4O4/c31-21-5-7-22(8-6-21)34-17-13-30(39,14-18-34)19-33-15-11-20(12-16-33)27-23-3-1-2-4-24(23)29(38)35(27)25-9-10-26(36)32-28(25)37/h1-8,20,25,27,39H,9-19H2,(H,32,36,37). The number of carbonyl (C=O) groups excluding carboxylic acids is 3. The summed E-state index contributed by atoms with van der Waals surface area (Å²) in [4.78, 5) is 44.5. The molecule has 9 heteroatoms. The van der Waals surface area contributed by atoms with Crippen LogP contribution in [-0.4, -0.2) is 77.0 Å². The van der Waals surface area contributed by atoms with Crippen molar-refractivity contribution in [1.82, 2.24) is 15.1 Å². The second-order valence-corrected chi connectivity index (χ2v) is 12.4. The average Bonchev–Trinajstić information content (AvgIpc) is 3.22. The van der Waals surface area contributed by atoms with Crippen LogP contribution in [0.1, 0.15) is 60.5 Å². The summed E-state index contributed by atoms with van der Waals surface area (Å²) in [6.45, 7) is 4.01. The molecule has 4 aliphatic heterocycles. The minimum atomic E-state index is -0.701. The van der Waals surface area contributed by atoms with Gasteiger partial charge in [-0.15, -0.1) is 0 Å². The number of carbonyl (C=O) groups is 3. The van der Waals surface area contributed by atoms with Crippen LogP contribution in [-0.2, 0) is 9.59 Å². The van der Waals surface area contributed by atoms with Gasteiger partial charge < -0.3 is 19.8 Å². The number of benzene rings is 2. The third-order valence-corrected chi connectivity index (χ3v) is 9.60. The third kappa shape index (κ3) is 5.24. The lowest BCUT2D eigenvalue weighted by molar-refractivity contribution is -0.137. The lowest BCUT2D eigenvalue weighted by Crippen LogP contribution is -2.55. The van der Waals surface area contributed by atoms with Crippen LogP contribution >= 0.6 is 15.9 Å². The van der Waals surface area contributed by atoms with Crippen LogP contribution in [0.4, 0.5) is 5.69 Å². The molecule has 4 heterocycles. The molecule has 3 amide bonds. The fourth-order valence-corrected chi connectivity index (χ4v) is 7.23. The van der Waals surface area contributed by atoms with Crippen molar-refractivity contribution < 1.29 is 19.5 Å². The van der Waals surface area contributed by atoms with Gasteiger partial charge in [0.05, 0.1) is 11.6 Å². The summed E-state index contributed by atoms with van der Waals surface area (Å²) < 4.78 is 1.06. The maximum absolute atomic E-state index is 13.5. The van der Waals surface area contributed by atoms with Crippen molar-refractivity contribution in [1.29, 1.82) is 0 Å². The number of β-amino-alcohol motifs (C(OH)–C–C–N with tert-alkyl or cyclic N) is 1. The highest BCUT2D eigenvalue weighted by Gasteiger charge is 2.48. The molecule has 0 spiro atoms. The Bertz CT molecular complexity index is 1250. The van der Waals surface area contributed by atoms with Crippen LogP contribution in [0.25, 0.3) is 0 Å². The van der Waals surface area contributed by atoms with E-state index in [-0.39, 0.29) is 36.1 Å². The third-order valence-electron chi connectivity index (χ3n) is 9.07. The van der Waals surface area contributed by atoms with Gasteiger partial charge >= 0.3 is 0 Å². The van der Waals surface area contributed by atoms with E-state index in [2.05, 4.69) is 55.3 Å². The molecule has 0 bridgehead atoms. The van der Waals surface area contributed by atoms with Crippen molar-refractivity contribution in [3.05, 3.63) is 64.1 Å². The number of imide groups is 1. The van der Waals surface area contributed by atoms with Crippen molar-refractivity contribution >= 4 is 39.3 Å². The minimum Gasteiger partial charge on any atom is -0.388 e. The molecule has 206 valence electrons. The molecule has 0 radical (unpaired) electrons. The van der Waals surface area contributed by atoms with Gasteiger partial charge in [0.15, 0.2) is 0 Å². The predicted molar refractivity (Wildman–Crippen MR) is 151 cm³/mol. The number of likely N-dealkylation sites (tertiary alicyclic amines) is 1. The van der Waals surface area contributed by atoms with Gasteiger partial charge in [0, 0.05) is 41.8 Å². The van der Waals surface area contributed by atoms with Crippen molar-refractivity contribution in [2.45, 2.75) is 56.2 Å². The summed E-state index contributed by atoms with van der Waals surface area (Å²) in [7, 11) is 0. The van der Waals surface area contributed by atoms with Crippen molar-refractivity contribution in [2.75, 3.05) is 37.6 Å². The van der Waals surface area contributed by atoms with E-state index in [0.717, 1.165) is 61.9 Å². The number of halogens is 1. The topological polar surface area (TPSA) is 93.2 Å². The summed E-state index contributed by atoms with van der Waals surface area (Å²) in [6.07, 6.45) is 3.85. The van der Waals surface area contributed by atoms with Gasteiger partial charge in [0.25, 0.3) is 5.91 Å². The number of hydrogen-bond donors (Lipinski definition) is 2. The minimum absolute atomic E-state index is 0.112. The van der Waals surface area contributed by atoms with Crippen LogP contribution in [0.5, 0.6) is 0 Å². The smallest absolute Gasteiger partial charge is 0.255 e. The van der Waals surface area contributed by atoms with Crippen LogP contribution in [0.15, 0.2) is 53.0 Å². The molecule has 3 saturated heterocycles. The number of nitrogens with zero attached hydrogens (tertiary/aromatic N) is 3. The number of aliphatic hydroxyl groups is 1. The van der Waals surface area contributed by atoms with E-state index < -0.39 is 11.6 Å². The number of nitrogens with one attached hydrogen (secondary N) is 1. The summed E-state index contributed by atoms with van der Waals surface area (Å²) in [5.74, 6) is -0.537. The van der Waals surface area contributed by atoms with Gasteiger partial charge in [0.2, 0.25) is 11.8 Å². The number of rotatable bonds is 5.